The summed E-state index contributed by atoms with van der Waals surface area (Å²) in [6.07, 6.45) is 0.284. The lowest BCUT2D eigenvalue weighted by atomic mass is 10.0. The smallest absolute Gasteiger partial charge is 0.244 e. The molecule has 2 rings (SSSR count). The average molecular weight is 340 g/mol. The fourth-order valence-electron chi connectivity index (χ4n) is 2.67. The third-order valence-electron chi connectivity index (χ3n) is 3.99. The van der Waals surface area contributed by atoms with Gasteiger partial charge in [0.15, 0.2) is 0 Å². The van der Waals surface area contributed by atoms with Crippen molar-refractivity contribution in [1.82, 2.24) is 5.43 Å². The van der Waals surface area contributed by atoms with E-state index in [1.54, 1.807) is 21.1 Å². The Balaban J connectivity index is 2.14. The minimum absolute atomic E-state index is 0.167. The van der Waals surface area contributed by atoms with Crippen molar-refractivity contribution in [2.45, 2.75) is 27.2 Å². The number of carbonyl (C=O) groups excluding carboxylic acids is 1. The first-order valence-electron chi connectivity index (χ1n) is 8.07. The Kier molecular flexibility index (Phi) is 6.17. The highest BCUT2D eigenvalue weighted by atomic mass is 16.5. The summed E-state index contributed by atoms with van der Waals surface area (Å²) >= 11 is 0. The molecule has 0 spiro atoms. The van der Waals surface area contributed by atoms with Crippen LogP contribution in [-0.2, 0) is 11.2 Å². The molecule has 25 heavy (non-hydrogen) atoms. The molecule has 0 fully saturated rings. The molecule has 0 unspecified atom stereocenters. The van der Waals surface area contributed by atoms with E-state index in [4.69, 9.17) is 9.47 Å². The maximum Gasteiger partial charge on any atom is 0.244 e. The number of carbonyl (C=O) groups is 1. The summed E-state index contributed by atoms with van der Waals surface area (Å²) in [7, 11) is 3.18. The fourth-order valence-corrected chi connectivity index (χ4v) is 2.67. The van der Waals surface area contributed by atoms with E-state index in [-0.39, 0.29) is 12.3 Å². The van der Waals surface area contributed by atoms with Crippen molar-refractivity contribution < 1.29 is 14.3 Å². The van der Waals surface area contributed by atoms with Crippen molar-refractivity contribution in [3.05, 3.63) is 58.7 Å². The predicted octanol–water partition coefficient (Wildman–Crippen LogP) is 3.40. The molecule has 1 N–H and O–H groups in total. The van der Waals surface area contributed by atoms with Crippen LogP contribution in [0, 0.1) is 13.8 Å². The second kappa shape index (κ2) is 8.33. The van der Waals surface area contributed by atoms with Crippen LogP contribution in [0.1, 0.15) is 29.2 Å². The summed E-state index contributed by atoms with van der Waals surface area (Å²) in [6.45, 7) is 5.84. The van der Waals surface area contributed by atoms with E-state index in [0.29, 0.717) is 17.2 Å². The molecule has 0 bridgehead atoms. The molecule has 132 valence electrons. The van der Waals surface area contributed by atoms with Gasteiger partial charge in [0.2, 0.25) is 5.91 Å². The van der Waals surface area contributed by atoms with Crippen molar-refractivity contribution in [2.24, 2.45) is 5.10 Å². The Bertz CT molecular complexity index is 775. The van der Waals surface area contributed by atoms with Crippen LogP contribution in [0.3, 0.4) is 0 Å². The molecule has 0 saturated carbocycles. The zero-order valence-electron chi connectivity index (χ0n) is 15.3. The SMILES string of the molecule is COc1cccc(OC)c1/C(C)=N\NC(=O)Cc1ccc(C)cc1C. The van der Waals surface area contributed by atoms with E-state index < -0.39 is 0 Å². The van der Waals surface area contributed by atoms with Gasteiger partial charge in [0.25, 0.3) is 0 Å². The Morgan fingerprint density at radius 1 is 1.08 bits per heavy atom. The minimum atomic E-state index is -0.167. The van der Waals surface area contributed by atoms with E-state index in [0.717, 1.165) is 16.7 Å². The van der Waals surface area contributed by atoms with Crippen molar-refractivity contribution in [2.75, 3.05) is 14.2 Å². The highest BCUT2D eigenvalue weighted by molar-refractivity contribution is 6.04. The molecule has 2 aromatic rings. The standard InChI is InChI=1S/C20H24N2O3/c1-13-9-10-16(14(2)11-13)12-19(23)22-21-15(3)20-17(24-4)7-6-8-18(20)25-5/h6-11H,12H2,1-5H3,(H,22,23)/b21-15-. The summed E-state index contributed by atoms with van der Waals surface area (Å²) in [6, 6.07) is 11.5. The first kappa shape index (κ1) is 18.5. The summed E-state index contributed by atoms with van der Waals surface area (Å²) < 4.78 is 10.7. The van der Waals surface area contributed by atoms with Crippen LogP contribution in [0.2, 0.25) is 0 Å². The molecule has 0 aliphatic rings. The van der Waals surface area contributed by atoms with Crippen molar-refractivity contribution >= 4 is 11.6 Å². The molecule has 0 aromatic heterocycles. The van der Waals surface area contributed by atoms with Gasteiger partial charge in [-0.1, -0.05) is 29.8 Å². The molecule has 0 saturated heterocycles. The first-order valence-corrected chi connectivity index (χ1v) is 8.07. The highest BCUT2D eigenvalue weighted by Crippen LogP contribution is 2.28. The van der Waals surface area contributed by atoms with Crippen LogP contribution >= 0.6 is 0 Å². The number of nitrogens with zero attached hydrogens (tertiary/aromatic N) is 1. The Labute approximate surface area is 148 Å². The molecule has 1 amide bonds. The van der Waals surface area contributed by atoms with Crippen LogP contribution in [0.25, 0.3) is 0 Å². The van der Waals surface area contributed by atoms with E-state index in [2.05, 4.69) is 16.6 Å². The molecule has 0 aliphatic carbocycles. The molecule has 0 atom stereocenters. The molecule has 2 aromatic carbocycles. The van der Waals surface area contributed by atoms with Crippen LogP contribution in [-0.4, -0.2) is 25.8 Å². The first-order chi connectivity index (χ1) is 12.0. The lowest BCUT2D eigenvalue weighted by molar-refractivity contribution is -0.120. The monoisotopic (exact) mass is 340 g/mol. The lowest BCUT2D eigenvalue weighted by Crippen LogP contribution is -2.22. The normalized spacial score (nSPS) is 11.2. The summed E-state index contributed by atoms with van der Waals surface area (Å²) in [5.41, 5.74) is 7.22. The van der Waals surface area contributed by atoms with E-state index in [9.17, 15) is 4.79 Å². The number of ether oxygens (including phenoxy) is 2. The van der Waals surface area contributed by atoms with E-state index in [1.807, 2.05) is 44.2 Å². The number of benzene rings is 2. The second-order valence-corrected chi connectivity index (χ2v) is 5.88. The minimum Gasteiger partial charge on any atom is -0.496 e. The van der Waals surface area contributed by atoms with Gasteiger partial charge in [-0.3, -0.25) is 4.79 Å². The zero-order valence-corrected chi connectivity index (χ0v) is 15.3. The highest BCUT2D eigenvalue weighted by Gasteiger charge is 2.13. The Morgan fingerprint density at radius 3 is 2.28 bits per heavy atom. The number of rotatable bonds is 6. The average Bonchev–Trinajstić information content (AvgIpc) is 2.61. The molecular formula is C20H24N2O3. The van der Waals surface area contributed by atoms with E-state index >= 15 is 0 Å². The topological polar surface area (TPSA) is 59.9 Å². The van der Waals surface area contributed by atoms with E-state index in [1.165, 1.54) is 5.56 Å². The van der Waals surface area contributed by atoms with Crippen LogP contribution < -0.4 is 14.9 Å². The van der Waals surface area contributed by atoms with Crippen LogP contribution in [0.15, 0.2) is 41.5 Å². The number of aryl methyl sites for hydroxylation is 2. The Morgan fingerprint density at radius 2 is 1.72 bits per heavy atom. The number of amides is 1. The molecule has 0 aliphatic heterocycles. The van der Waals surface area contributed by atoms with Crippen molar-refractivity contribution in [3.63, 3.8) is 0 Å². The summed E-state index contributed by atoms with van der Waals surface area (Å²) in [4.78, 5) is 12.2. The maximum absolute atomic E-state index is 12.2. The fraction of sp³-hybridized carbons (Fsp3) is 0.300. The third-order valence-corrected chi connectivity index (χ3v) is 3.99. The third kappa shape index (κ3) is 4.59. The summed E-state index contributed by atoms with van der Waals surface area (Å²) in [5.74, 6) is 1.12. The van der Waals surface area contributed by atoms with Gasteiger partial charge in [-0.2, -0.15) is 5.10 Å². The number of hydrazone groups is 1. The van der Waals surface area contributed by atoms with Crippen LogP contribution in [0.4, 0.5) is 0 Å². The number of hydrogen-bond acceptors (Lipinski definition) is 4. The predicted molar refractivity (Wildman–Crippen MR) is 99.5 cm³/mol. The zero-order chi connectivity index (χ0) is 18.4. The van der Waals surface area contributed by atoms with Crippen molar-refractivity contribution in [3.8, 4) is 11.5 Å². The van der Waals surface area contributed by atoms with Gasteiger partial charge in [0.1, 0.15) is 11.5 Å². The quantitative estimate of drug-likeness (QED) is 0.647. The molecule has 5 nitrogen and oxygen atoms in total. The molecule has 5 heteroatoms. The second-order valence-electron chi connectivity index (χ2n) is 5.88. The Hall–Kier alpha value is -2.82. The van der Waals surface area contributed by atoms with Gasteiger partial charge >= 0.3 is 0 Å². The largest absolute Gasteiger partial charge is 0.496 e. The van der Waals surface area contributed by atoms with Gasteiger partial charge in [0.05, 0.1) is 31.9 Å². The molecule has 0 radical (unpaired) electrons. The van der Waals surface area contributed by atoms with Gasteiger partial charge in [-0.05, 0) is 44.0 Å². The number of nitrogens with one attached hydrogen (secondary N) is 1. The number of methoxy groups -OCH3 is 2. The number of hydrogen-bond donors (Lipinski definition) is 1. The van der Waals surface area contributed by atoms with Gasteiger partial charge in [0, 0.05) is 0 Å². The van der Waals surface area contributed by atoms with Crippen LogP contribution in [0.5, 0.6) is 11.5 Å². The van der Waals surface area contributed by atoms with Gasteiger partial charge in [-0.25, -0.2) is 5.43 Å². The van der Waals surface area contributed by atoms with Gasteiger partial charge in [-0.15, -0.1) is 0 Å². The molecule has 0 heterocycles. The lowest BCUT2D eigenvalue weighted by Gasteiger charge is -2.12. The maximum atomic E-state index is 12.2. The van der Waals surface area contributed by atoms with Crippen molar-refractivity contribution in [1.29, 1.82) is 0 Å². The summed E-state index contributed by atoms with van der Waals surface area (Å²) in [5, 5.41) is 4.21. The van der Waals surface area contributed by atoms with Gasteiger partial charge < -0.3 is 9.47 Å². The molecular weight excluding hydrogens is 316 g/mol.